The fraction of sp³-hybridized carbons (Fsp3) is 0.133. The van der Waals surface area contributed by atoms with Crippen LogP contribution in [-0.2, 0) is 13.5 Å². The predicted octanol–water partition coefficient (Wildman–Crippen LogP) is 4.83. The zero-order valence-corrected chi connectivity index (χ0v) is 12.9. The molecule has 0 nitrogen and oxygen atoms in total. The summed E-state index contributed by atoms with van der Waals surface area (Å²) in [7, 11) is 12.4. The molecule has 0 bridgehead atoms. The van der Waals surface area contributed by atoms with Gasteiger partial charge in [0, 0.05) is 0 Å². The van der Waals surface area contributed by atoms with E-state index < -0.39 is 13.5 Å². The first-order valence-corrected chi connectivity index (χ1v) is 11.2. The van der Waals surface area contributed by atoms with E-state index in [1.807, 2.05) is 6.07 Å². The van der Waals surface area contributed by atoms with Gasteiger partial charge in [0.05, 0.1) is 0 Å². The quantitative estimate of drug-likeness (QED) is 0.627. The molecule has 3 heteroatoms. The Hall–Kier alpha value is -0.487. The van der Waals surface area contributed by atoms with Crippen LogP contribution in [0.15, 0.2) is 59.7 Å². The summed E-state index contributed by atoms with van der Waals surface area (Å²) in [4.78, 5) is 0. The van der Waals surface area contributed by atoms with Gasteiger partial charge in [0.2, 0.25) is 0 Å². The van der Waals surface area contributed by atoms with Gasteiger partial charge in [-0.15, -0.1) is 0 Å². The second-order valence-electron chi connectivity index (χ2n) is 4.26. The van der Waals surface area contributed by atoms with E-state index in [1.165, 1.54) is 26.4 Å². The standard InChI is InChI=1S/C15H12.2ClH.Ru/c1-2-6-12(7-3-1)15-11-10-13-8-4-5-9-14(13)15;;;/h1-3,6-9,11H,4-5H2;2*1H;/q;;;+2/p-2. The van der Waals surface area contributed by atoms with Gasteiger partial charge in [-0.2, -0.15) is 0 Å². The van der Waals surface area contributed by atoms with Gasteiger partial charge in [-0.25, -0.2) is 0 Å². The van der Waals surface area contributed by atoms with Crippen LogP contribution in [0.3, 0.4) is 0 Å². The molecule has 0 heterocycles. The Morgan fingerprint density at radius 1 is 0.833 bits per heavy atom. The Labute approximate surface area is 120 Å². The van der Waals surface area contributed by atoms with Crippen LogP contribution in [0, 0.1) is 0 Å². The Balaban J connectivity index is 2.16. The zero-order chi connectivity index (χ0) is 12.5. The van der Waals surface area contributed by atoms with E-state index in [4.69, 9.17) is 19.4 Å². The predicted molar refractivity (Wildman–Crippen MR) is 76.5 cm³/mol. The summed E-state index contributed by atoms with van der Waals surface area (Å²) < 4.78 is 1.17. The molecule has 0 fully saturated rings. The molecule has 3 rings (SSSR count). The van der Waals surface area contributed by atoms with Crippen molar-refractivity contribution in [1.29, 1.82) is 0 Å². The van der Waals surface area contributed by atoms with Gasteiger partial charge >= 0.3 is 121 Å². The SMILES string of the molecule is [Cl][Ru]([Cl])=[C]1C=C(c2ccccc2)C2=CCCC=C21. The molecule has 0 aromatic heterocycles. The Bertz CT molecular complexity index is 603. The van der Waals surface area contributed by atoms with Gasteiger partial charge in [-0.1, -0.05) is 0 Å². The maximum absolute atomic E-state index is 6.22. The summed E-state index contributed by atoms with van der Waals surface area (Å²) in [6.45, 7) is 0. The molecule has 0 spiro atoms. The number of benzene rings is 1. The molecule has 2 aliphatic rings. The van der Waals surface area contributed by atoms with Crippen LogP contribution >= 0.6 is 19.4 Å². The van der Waals surface area contributed by atoms with Crippen molar-refractivity contribution in [3.05, 3.63) is 65.3 Å². The normalized spacial score (nSPS) is 18.9. The van der Waals surface area contributed by atoms with Crippen LogP contribution in [0.5, 0.6) is 0 Å². The van der Waals surface area contributed by atoms with Gasteiger partial charge in [0.15, 0.2) is 0 Å². The van der Waals surface area contributed by atoms with Crippen LogP contribution in [-0.4, -0.2) is 4.11 Å². The molecule has 0 amide bonds. The molecule has 94 valence electrons. The molecule has 0 radical (unpaired) electrons. The number of allylic oxidation sites excluding steroid dienone is 6. The van der Waals surface area contributed by atoms with Crippen LogP contribution in [0.25, 0.3) is 5.57 Å². The summed E-state index contributed by atoms with van der Waals surface area (Å²) in [5.41, 5.74) is 5.12. The fourth-order valence-corrected chi connectivity index (χ4v) is 4.91. The van der Waals surface area contributed by atoms with Crippen LogP contribution in [0.1, 0.15) is 18.4 Å². The molecule has 1 aromatic carbocycles. The molecule has 2 aliphatic carbocycles. The molecule has 0 N–H and O–H groups in total. The van der Waals surface area contributed by atoms with Crippen molar-refractivity contribution in [2.75, 3.05) is 0 Å². The van der Waals surface area contributed by atoms with Crippen molar-refractivity contribution in [3.63, 3.8) is 0 Å². The van der Waals surface area contributed by atoms with E-state index in [-0.39, 0.29) is 0 Å². The van der Waals surface area contributed by atoms with Gasteiger partial charge in [0.25, 0.3) is 0 Å². The van der Waals surface area contributed by atoms with Gasteiger partial charge in [-0.3, -0.25) is 0 Å². The fourth-order valence-electron chi connectivity index (χ4n) is 2.40. The molecule has 0 aliphatic heterocycles. The minimum atomic E-state index is -1.85. The molecule has 18 heavy (non-hydrogen) atoms. The summed E-state index contributed by atoms with van der Waals surface area (Å²) in [6, 6.07) is 10.5. The first-order chi connectivity index (χ1) is 8.77. The summed E-state index contributed by atoms with van der Waals surface area (Å²) in [5, 5.41) is 0. The first-order valence-electron chi connectivity index (χ1n) is 5.83. The second-order valence-corrected chi connectivity index (χ2v) is 10.1. The Kier molecular flexibility index (Phi) is 3.66. The van der Waals surface area contributed by atoms with Crippen LogP contribution < -0.4 is 0 Å². The Morgan fingerprint density at radius 2 is 1.50 bits per heavy atom. The van der Waals surface area contributed by atoms with E-state index in [1.54, 1.807) is 0 Å². The number of hydrogen-bond donors (Lipinski definition) is 0. The Morgan fingerprint density at radius 3 is 2.17 bits per heavy atom. The second kappa shape index (κ2) is 5.25. The van der Waals surface area contributed by atoms with Crippen molar-refractivity contribution in [1.82, 2.24) is 0 Å². The zero-order valence-electron chi connectivity index (χ0n) is 9.64. The summed E-state index contributed by atoms with van der Waals surface area (Å²) in [5.74, 6) is 0. The third-order valence-electron chi connectivity index (χ3n) is 3.19. The number of halogens is 2. The van der Waals surface area contributed by atoms with Gasteiger partial charge in [-0.05, 0) is 0 Å². The van der Waals surface area contributed by atoms with Gasteiger partial charge in [0.1, 0.15) is 0 Å². The van der Waals surface area contributed by atoms with E-state index in [9.17, 15) is 0 Å². The molecular weight excluding hydrogens is 352 g/mol. The summed E-state index contributed by atoms with van der Waals surface area (Å²) >= 11 is -1.85. The molecule has 0 unspecified atom stereocenters. The maximum atomic E-state index is 6.22. The van der Waals surface area contributed by atoms with Crippen molar-refractivity contribution in [2.45, 2.75) is 12.8 Å². The van der Waals surface area contributed by atoms with E-state index >= 15 is 0 Å². The average molecular weight is 364 g/mol. The number of hydrogen-bond acceptors (Lipinski definition) is 0. The van der Waals surface area contributed by atoms with Crippen molar-refractivity contribution in [2.24, 2.45) is 0 Å². The van der Waals surface area contributed by atoms with E-state index in [2.05, 4.69) is 42.5 Å². The van der Waals surface area contributed by atoms with Crippen molar-refractivity contribution in [3.8, 4) is 0 Å². The first kappa shape index (κ1) is 12.5. The molecule has 0 atom stereocenters. The molecular formula is C15H12Cl2Ru. The summed E-state index contributed by atoms with van der Waals surface area (Å²) in [6.07, 6.45) is 8.98. The minimum absolute atomic E-state index is 1.09. The van der Waals surface area contributed by atoms with Crippen molar-refractivity contribution >= 4 is 29.1 Å². The van der Waals surface area contributed by atoms with Crippen LogP contribution in [0.2, 0.25) is 0 Å². The third kappa shape index (κ3) is 2.20. The number of fused-ring (bicyclic) bond motifs is 1. The van der Waals surface area contributed by atoms with Crippen LogP contribution in [0.4, 0.5) is 0 Å². The molecule has 0 saturated heterocycles. The topological polar surface area (TPSA) is 0 Å². The van der Waals surface area contributed by atoms with Crippen molar-refractivity contribution < 1.29 is 13.5 Å². The van der Waals surface area contributed by atoms with Gasteiger partial charge < -0.3 is 0 Å². The third-order valence-corrected chi connectivity index (χ3v) is 6.32. The molecule has 0 saturated carbocycles. The monoisotopic (exact) mass is 364 g/mol. The molecule has 1 aromatic rings. The van der Waals surface area contributed by atoms with E-state index in [0.717, 1.165) is 12.8 Å². The average Bonchev–Trinajstić information content (AvgIpc) is 2.79. The van der Waals surface area contributed by atoms with E-state index in [0.29, 0.717) is 0 Å². The number of rotatable bonds is 1.